The zero-order valence-electron chi connectivity index (χ0n) is 16.9. The molecule has 1 fully saturated rings. The van der Waals surface area contributed by atoms with E-state index in [4.69, 9.17) is 9.47 Å². The summed E-state index contributed by atoms with van der Waals surface area (Å²) in [4.78, 5) is 6.82. The molecule has 1 aliphatic heterocycles. The number of piperidine rings is 1. The van der Waals surface area contributed by atoms with Crippen molar-refractivity contribution in [1.29, 1.82) is 0 Å². The van der Waals surface area contributed by atoms with Crippen LogP contribution in [0.5, 0.6) is 0 Å². The van der Waals surface area contributed by atoms with E-state index in [9.17, 15) is 0 Å². The molecule has 0 spiro atoms. The molecular weight excluding hydrogens is 316 g/mol. The first-order chi connectivity index (χ1) is 12.2. The fourth-order valence-electron chi connectivity index (χ4n) is 3.34. The van der Waals surface area contributed by atoms with E-state index in [1.54, 1.807) is 0 Å². The van der Waals surface area contributed by atoms with Gasteiger partial charge in [0.15, 0.2) is 5.96 Å². The largest absolute Gasteiger partial charge is 0.379 e. The molecule has 2 atom stereocenters. The first-order valence-corrected chi connectivity index (χ1v) is 9.98. The summed E-state index contributed by atoms with van der Waals surface area (Å²) in [5.74, 6) is 2.47. The Bertz CT molecular complexity index is 342. The van der Waals surface area contributed by atoms with Gasteiger partial charge in [-0.3, -0.25) is 4.99 Å². The van der Waals surface area contributed by atoms with Gasteiger partial charge in [0.2, 0.25) is 0 Å². The highest BCUT2D eigenvalue weighted by Crippen LogP contribution is 2.20. The van der Waals surface area contributed by atoms with E-state index in [1.807, 2.05) is 7.05 Å². The van der Waals surface area contributed by atoms with E-state index in [0.717, 1.165) is 50.5 Å². The molecule has 148 valence electrons. The van der Waals surface area contributed by atoms with Crippen LogP contribution in [0.25, 0.3) is 0 Å². The Labute approximate surface area is 154 Å². The molecule has 0 saturated carbocycles. The lowest BCUT2D eigenvalue weighted by atomic mass is 9.92. The summed E-state index contributed by atoms with van der Waals surface area (Å²) in [5, 5.41) is 6.68. The minimum atomic E-state index is 0.656. The summed E-state index contributed by atoms with van der Waals surface area (Å²) >= 11 is 0. The monoisotopic (exact) mass is 356 g/mol. The maximum absolute atomic E-state index is 5.55. The third-order valence-electron chi connectivity index (χ3n) is 4.44. The summed E-state index contributed by atoms with van der Waals surface area (Å²) in [5.41, 5.74) is 0. The molecule has 1 saturated heterocycles. The minimum Gasteiger partial charge on any atom is -0.379 e. The molecule has 2 unspecified atom stereocenters. The van der Waals surface area contributed by atoms with Gasteiger partial charge in [0.05, 0.1) is 19.8 Å². The number of ether oxygens (including phenoxy) is 2. The highest BCUT2D eigenvalue weighted by molar-refractivity contribution is 5.79. The normalized spacial score (nSPS) is 22.2. The Balaban J connectivity index is 1.99. The summed E-state index contributed by atoms with van der Waals surface area (Å²) < 4.78 is 11.0. The first kappa shape index (κ1) is 22.2. The van der Waals surface area contributed by atoms with Gasteiger partial charge in [-0.25, -0.2) is 0 Å². The van der Waals surface area contributed by atoms with E-state index >= 15 is 0 Å². The van der Waals surface area contributed by atoms with Crippen molar-refractivity contribution in [2.45, 2.75) is 40.0 Å². The third kappa shape index (κ3) is 11.4. The Morgan fingerprint density at radius 2 is 1.64 bits per heavy atom. The number of hydrogen-bond acceptors (Lipinski definition) is 4. The SMILES string of the molecule is CCCCOCCOCCNC(=NC)NCCN1CC(C)CC(C)C1. The highest BCUT2D eigenvalue weighted by Gasteiger charge is 2.21. The highest BCUT2D eigenvalue weighted by atomic mass is 16.5. The average Bonchev–Trinajstić information content (AvgIpc) is 2.58. The molecular formula is C19H40N4O2. The van der Waals surface area contributed by atoms with Crippen molar-refractivity contribution in [3.05, 3.63) is 0 Å². The van der Waals surface area contributed by atoms with Crippen LogP contribution in [0.2, 0.25) is 0 Å². The van der Waals surface area contributed by atoms with Crippen LogP contribution in [-0.2, 0) is 9.47 Å². The summed E-state index contributed by atoms with van der Waals surface area (Å²) in [6.07, 6.45) is 3.66. The lowest BCUT2D eigenvalue weighted by molar-refractivity contribution is 0.0487. The van der Waals surface area contributed by atoms with E-state index < -0.39 is 0 Å². The number of hydrogen-bond donors (Lipinski definition) is 2. The smallest absolute Gasteiger partial charge is 0.191 e. The number of likely N-dealkylation sites (tertiary alicyclic amines) is 1. The molecule has 0 amide bonds. The van der Waals surface area contributed by atoms with Crippen molar-refractivity contribution in [1.82, 2.24) is 15.5 Å². The van der Waals surface area contributed by atoms with Crippen molar-refractivity contribution < 1.29 is 9.47 Å². The van der Waals surface area contributed by atoms with Gasteiger partial charge in [0.1, 0.15) is 0 Å². The second-order valence-electron chi connectivity index (χ2n) is 7.21. The van der Waals surface area contributed by atoms with Gasteiger partial charge in [-0.1, -0.05) is 27.2 Å². The molecule has 6 heteroatoms. The van der Waals surface area contributed by atoms with Gasteiger partial charge >= 0.3 is 0 Å². The lowest BCUT2D eigenvalue weighted by Gasteiger charge is -2.35. The number of rotatable bonds is 12. The molecule has 6 nitrogen and oxygen atoms in total. The van der Waals surface area contributed by atoms with E-state index in [0.29, 0.717) is 19.8 Å². The fraction of sp³-hybridized carbons (Fsp3) is 0.947. The van der Waals surface area contributed by atoms with Crippen LogP contribution in [0.1, 0.15) is 40.0 Å². The third-order valence-corrected chi connectivity index (χ3v) is 4.44. The Kier molecular flexibility index (Phi) is 12.7. The molecule has 1 rings (SSSR count). The average molecular weight is 357 g/mol. The molecule has 0 bridgehead atoms. The van der Waals surface area contributed by atoms with Crippen LogP contribution >= 0.6 is 0 Å². The van der Waals surface area contributed by atoms with E-state index in [2.05, 4.69) is 41.3 Å². The number of aliphatic imine (C=N–C) groups is 1. The van der Waals surface area contributed by atoms with E-state index in [1.165, 1.54) is 25.9 Å². The van der Waals surface area contributed by atoms with Crippen molar-refractivity contribution in [2.24, 2.45) is 16.8 Å². The molecule has 0 aromatic carbocycles. The van der Waals surface area contributed by atoms with Gasteiger partial charge in [-0.15, -0.1) is 0 Å². The van der Waals surface area contributed by atoms with Crippen LogP contribution in [0.15, 0.2) is 4.99 Å². The number of nitrogens with zero attached hydrogens (tertiary/aromatic N) is 2. The minimum absolute atomic E-state index is 0.656. The number of guanidine groups is 1. The molecule has 1 aliphatic rings. The van der Waals surface area contributed by atoms with Crippen LogP contribution in [0.3, 0.4) is 0 Å². The van der Waals surface area contributed by atoms with Crippen LogP contribution in [0, 0.1) is 11.8 Å². The lowest BCUT2D eigenvalue weighted by Crippen LogP contribution is -2.45. The second-order valence-corrected chi connectivity index (χ2v) is 7.21. The molecule has 0 aliphatic carbocycles. The molecule has 0 aromatic rings. The Hall–Kier alpha value is -0.850. The van der Waals surface area contributed by atoms with Gasteiger partial charge in [-0.2, -0.15) is 0 Å². The molecule has 0 aromatic heterocycles. The maximum atomic E-state index is 5.55. The molecule has 1 heterocycles. The predicted molar refractivity (Wildman–Crippen MR) is 105 cm³/mol. The molecule has 2 N–H and O–H groups in total. The van der Waals surface area contributed by atoms with Crippen LogP contribution < -0.4 is 10.6 Å². The number of unbranched alkanes of at least 4 members (excludes halogenated alkanes) is 1. The van der Waals surface area contributed by atoms with Crippen molar-refractivity contribution >= 4 is 5.96 Å². The fourth-order valence-corrected chi connectivity index (χ4v) is 3.34. The topological polar surface area (TPSA) is 58.1 Å². The zero-order valence-corrected chi connectivity index (χ0v) is 16.9. The zero-order chi connectivity index (χ0) is 18.3. The van der Waals surface area contributed by atoms with Gasteiger partial charge in [-0.05, 0) is 24.7 Å². The Morgan fingerprint density at radius 1 is 1.00 bits per heavy atom. The summed E-state index contributed by atoms with van der Waals surface area (Å²) in [6.45, 7) is 14.9. The Morgan fingerprint density at radius 3 is 2.28 bits per heavy atom. The predicted octanol–water partition coefficient (Wildman–Crippen LogP) is 1.96. The standard InChI is InChI=1S/C19H40N4O2/c1-5-6-10-24-12-13-25-11-8-22-19(20-4)21-7-9-23-15-17(2)14-18(3)16-23/h17-18H,5-16H2,1-4H3,(H2,20,21,22). The van der Waals surface area contributed by atoms with Gasteiger partial charge in [0.25, 0.3) is 0 Å². The number of nitrogens with one attached hydrogen (secondary N) is 2. The second kappa shape index (κ2) is 14.3. The van der Waals surface area contributed by atoms with Crippen LogP contribution in [-0.4, -0.2) is 77.1 Å². The van der Waals surface area contributed by atoms with Gasteiger partial charge in [0, 0.05) is 46.4 Å². The maximum Gasteiger partial charge on any atom is 0.191 e. The van der Waals surface area contributed by atoms with Crippen LogP contribution in [0.4, 0.5) is 0 Å². The molecule has 25 heavy (non-hydrogen) atoms. The summed E-state index contributed by atoms with van der Waals surface area (Å²) in [6, 6.07) is 0. The van der Waals surface area contributed by atoms with Crippen molar-refractivity contribution in [3.8, 4) is 0 Å². The van der Waals surface area contributed by atoms with E-state index in [-0.39, 0.29) is 0 Å². The summed E-state index contributed by atoms with van der Waals surface area (Å²) in [7, 11) is 1.81. The quantitative estimate of drug-likeness (QED) is 0.318. The first-order valence-electron chi connectivity index (χ1n) is 9.98. The molecule has 0 radical (unpaired) electrons. The van der Waals surface area contributed by atoms with Crippen molar-refractivity contribution in [3.63, 3.8) is 0 Å². The van der Waals surface area contributed by atoms with Gasteiger partial charge < -0.3 is 25.0 Å². The van der Waals surface area contributed by atoms with Crippen molar-refractivity contribution in [2.75, 3.05) is 66.2 Å².